The fraction of sp³-hybridized carbons (Fsp3) is 0.714. The van der Waals surface area contributed by atoms with E-state index < -0.39 is 0 Å². The van der Waals surface area contributed by atoms with Gasteiger partial charge in [0.1, 0.15) is 11.6 Å². The van der Waals surface area contributed by atoms with Crippen molar-refractivity contribution < 1.29 is 9.59 Å². The first-order chi connectivity index (χ1) is 13.2. The van der Waals surface area contributed by atoms with Crippen molar-refractivity contribution >= 4 is 17.6 Å². The lowest BCUT2D eigenvalue weighted by molar-refractivity contribution is -0.134. The molecule has 0 aliphatic carbocycles. The summed E-state index contributed by atoms with van der Waals surface area (Å²) in [6.07, 6.45) is 2.85. The molecule has 0 saturated carbocycles. The second-order valence-electron chi connectivity index (χ2n) is 9.35. The van der Waals surface area contributed by atoms with Crippen LogP contribution in [0.3, 0.4) is 0 Å². The zero-order chi connectivity index (χ0) is 20.5. The molecule has 1 N–H and O–H groups in total. The van der Waals surface area contributed by atoms with E-state index in [9.17, 15) is 9.59 Å². The highest BCUT2D eigenvalue weighted by Gasteiger charge is 2.32. The smallest absolute Gasteiger partial charge is 0.223 e. The van der Waals surface area contributed by atoms with Gasteiger partial charge in [-0.2, -0.15) is 0 Å². The van der Waals surface area contributed by atoms with Crippen LogP contribution in [0.2, 0.25) is 0 Å². The summed E-state index contributed by atoms with van der Waals surface area (Å²) >= 11 is 0. The summed E-state index contributed by atoms with van der Waals surface area (Å²) in [5.41, 5.74) is 0.956. The van der Waals surface area contributed by atoms with E-state index in [4.69, 9.17) is 9.97 Å². The van der Waals surface area contributed by atoms with Gasteiger partial charge in [0.25, 0.3) is 0 Å². The summed E-state index contributed by atoms with van der Waals surface area (Å²) in [6.45, 7) is 8.52. The molecule has 3 rings (SSSR count). The van der Waals surface area contributed by atoms with Crippen LogP contribution in [0, 0.1) is 5.41 Å². The van der Waals surface area contributed by atoms with E-state index >= 15 is 0 Å². The molecule has 3 heterocycles. The van der Waals surface area contributed by atoms with Gasteiger partial charge in [-0.15, -0.1) is 0 Å². The highest BCUT2D eigenvalue weighted by Crippen LogP contribution is 2.32. The van der Waals surface area contributed by atoms with Crippen LogP contribution in [0.1, 0.15) is 69.8 Å². The lowest BCUT2D eigenvalue weighted by Crippen LogP contribution is -2.39. The van der Waals surface area contributed by atoms with Gasteiger partial charge in [-0.05, 0) is 18.3 Å². The molecule has 2 saturated heterocycles. The van der Waals surface area contributed by atoms with E-state index in [1.165, 1.54) is 0 Å². The summed E-state index contributed by atoms with van der Waals surface area (Å²) in [7, 11) is 3.70. The van der Waals surface area contributed by atoms with Gasteiger partial charge in [0.15, 0.2) is 0 Å². The van der Waals surface area contributed by atoms with E-state index in [2.05, 4.69) is 26.1 Å². The molecule has 0 bridgehead atoms. The number of piperidine rings is 1. The highest BCUT2D eigenvalue weighted by molar-refractivity contribution is 5.79. The molecular formula is C21H33N5O2. The minimum absolute atomic E-state index is 0.0128. The minimum atomic E-state index is 0.0128. The number of anilines is 1. The van der Waals surface area contributed by atoms with E-state index in [1.54, 1.807) is 4.90 Å². The van der Waals surface area contributed by atoms with Crippen molar-refractivity contribution in [2.75, 3.05) is 39.0 Å². The third-order valence-electron chi connectivity index (χ3n) is 5.67. The normalized spacial score (nSPS) is 21.3. The first-order valence-electron chi connectivity index (χ1n) is 10.2. The number of carbonyl (C=O) groups excluding carboxylic acids is 2. The van der Waals surface area contributed by atoms with Gasteiger partial charge < -0.3 is 15.1 Å². The van der Waals surface area contributed by atoms with Crippen LogP contribution in [-0.4, -0.2) is 65.3 Å². The highest BCUT2D eigenvalue weighted by atomic mass is 16.2. The first kappa shape index (κ1) is 20.6. The Morgan fingerprint density at radius 2 is 1.89 bits per heavy atom. The van der Waals surface area contributed by atoms with Crippen LogP contribution in [0.5, 0.6) is 0 Å². The minimum Gasteiger partial charge on any atom is -0.373 e. The summed E-state index contributed by atoms with van der Waals surface area (Å²) in [5, 5.41) is 3.13. The Balaban J connectivity index is 1.70. The molecule has 2 aliphatic rings. The fourth-order valence-corrected chi connectivity index (χ4v) is 4.02. The Kier molecular flexibility index (Phi) is 5.91. The molecule has 2 fully saturated rings. The summed E-state index contributed by atoms with van der Waals surface area (Å²) in [5.74, 6) is 2.42. The zero-order valence-electron chi connectivity index (χ0n) is 17.8. The molecule has 0 aromatic carbocycles. The Morgan fingerprint density at radius 1 is 1.21 bits per heavy atom. The maximum Gasteiger partial charge on any atom is 0.223 e. The molecular weight excluding hydrogens is 354 g/mol. The van der Waals surface area contributed by atoms with Gasteiger partial charge in [0.05, 0.1) is 5.69 Å². The SMILES string of the molecule is CNc1cc(C2CC(=O)N(C)C2)nc(C2CCN(C(=O)CC(C)(C)C)CC2)n1. The molecule has 7 nitrogen and oxygen atoms in total. The average molecular weight is 388 g/mol. The van der Waals surface area contributed by atoms with Crippen LogP contribution in [0.4, 0.5) is 5.82 Å². The van der Waals surface area contributed by atoms with Crippen LogP contribution >= 0.6 is 0 Å². The van der Waals surface area contributed by atoms with Gasteiger partial charge in [0, 0.05) is 64.5 Å². The number of rotatable bonds is 4. The van der Waals surface area contributed by atoms with Crippen molar-refractivity contribution in [1.29, 1.82) is 0 Å². The maximum absolute atomic E-state index is 12.5. The van der Waals surface area contributed by atoms with E-state index in [0.29, 0.717) is 19.4 Å². The fourth-order valence-electron chi connectivity index (χ4n) is 4.02. The number of likely N-dealkylation sites (N-methyl/N-ethyl adjacent to an activating group) is 1. The Hall–Kier alpha value is -2.18. The number of nitrogens with zero attached hydrogens (tertiary/aromatic N) is 4. The third-order valence-corrected chi connectivity index (χ3v) is 5.67. The molecule has 28 heavy (non-hydrogen) atoms. The summed E-state index contributed by atoms with van der Waals surface area (Å²) in [6, 6.07) is 1.96. The number of carbonyl (C=O) groups is 2. The average Bonchev–Trinajstić information content (AvgIpc) is 2.99. The largest absolute Gasteiger partial charge is 0.373 e. The van der Waals surface area contributed by atoms with Crippen molar-refractivity contribution in [3.05, 3.63) is 17.6 Å². The predicted octanol–water partition coefficient (Wildman–Crippen LogP) is 2.61. The number of hydrogen-bond acceptors (Lipinski definition) is 5. The second-order valence-corrected chi connectivity index (χ2v) is 9.35. The van der Waals surface area contributed by atoms with E-state index in [1.807, 2.05) is 25.1 Å². The summed E-state index contributed by atoms with van der Waals surface area (Å²) in [4.78, 5) is 37.7. The second kappa shape index (κ2) is 8.05. The van der Waals surface area contributed by atoms with Crippen LogP contribution < -0.4 is 5.32 Å². The predicted molar refractivity (Wildman–Crippen MR) is 109 cm³/mol. The number of aromatic nitrogens is 2. The maximum atomic E-state index is 12.5. The molecule has 0 spiro atoms. The Labute approximate surface area is 167 Å². The van der Waals surface area contributed by atoms with Gasteiger partial charge in [0.2, 0.25) is 11.8 Å². The Bertz CT molecular complexity index is 735. The quantitative estimate of drug-likeness (QED) is 0.859. The molecule has 2 amide bonds. The zero-order valence-corrected chi connectivity index (χ0v) is 17.8. The van der Waals surface area contributed by atoms with Crippen molar-refractivity contribution in [1.82, 2.24) is 19.8 Å². The number of amides is 2. The molecule has 154 valence electrons. The van der Waals surface area contributed by atoms with E-state index in [-0.39, 0.29) is 29.1 Å². The lowest BCUT2D eigenvalue weighted by Gasteiger charge is -2.33. The van der Waals surface area contributed by atoms with Crippen LogP contribution in [0.25, 0.3) is 0 Å². The van der Waals surface area contributed by atoms with Gasteiger partial charge in [-0.3, -0.25) is 9.59 Å². The summed E-state index contributed by atoms with van der Waals surface area (Å²) < 4.78 is 0. The van der Waals surface area contributed by atoms with Crippen LogP contribution in [-0.2, 0) is 9.59 Å². The topological polar surface area (TPSA) is 78.4 Å². The standard InChI is InChI=1S/C21H33N5O2/c1-21(2,3)12-19(28)26-8-6-14(7-9-26)20-23-16(11-17(22-4)24-20)15-10-18(27)25(5)13-15/h11,14-15H,6-10,12-13H2,1-5H3,(H,22,23,24). The van der Waals surface area contributed by atoms with Crippen molar-refractivity contribution in [3.63, 3.8) is 0 Å². The van der Waals surface area contributed by atoms with E-state index in [0.717, 1.165) is 43.3 Å². The molecule has 1 unspecified atom stereocenters. The molecule has 0 radical (unpaired) electrons. The van der Waals surface area contributed by atoms with Crippen molar-refractivity contribution in [2.24, 2.45) is 5.41 Å². The molecule has 2 aliphatic heterocycles. The number of nitrogens with one attached hydrogen (secondary N) is 1. The van der Waals surface area contributed by atoms with Gasteiger partial charge in [-0.25, -0.2) is 9.97 Å². The molecule has 1 aromatic rings. The van der Waals surface area contributed by atoms with Crippen molar-refractivity contribution in [3.8, 4) is 0 Å². The Morgan fingerprint density at radius 3 is 2.43 bits per heavy atom. The van der Waals surface area contributed by atoms with Gasteiger partial charge in [-0.1, -0.05) is 20.8 Å². The number of likely N-dealkylation sites (tertiary alicyclic amines) is 2. The monoisotopic (exact) mass is 387 g/mol. The molecule has 7 heteroatoms. The molecule has 1 aromatic heterocycles. The number of hydrogen-bond donors (Lipinski definition) is 1. The lowest BCUT2D eigenvalue weighted by atomic mass is 9.90. The van der Waals surface area contributed by atoms with Crippen molar-refractivity contribution in [2.45, 2.75) is 58.3 Å². The third kappa shape index (κ3) is 4.80. The molecule has 1 atom stereocenters. The van der Waals surface area contributed by atoms with Gasteiger partial charge >= 0.3 is 0 Å². The first-order valence-corrected chi connectivity index (χ1v) is 10.2. The van der Waals surface area contributed by atoms with Crippen LogP contribution in [0.15, 0.2) is 6.07 Å².